The average Bonchev–Trinajstić information content (AvgIpc) is 2.64. The number of nitrogens with zero attached hydrogens (tertiary/aromatic N) is 1. The van der Waals surface area contributed by atoms with Crippen molar-refractivity contribution < 1.29 is 4.74 Å². The lowest BCUT2D eigenvalue weighted by Crippen LogP contribution is -1.89. The van der Waals surface area contributed by atoms with Crippen LogP contribution in [0.25, 0.3) is 10.4 Å². The minimum Gasteiger partial charge on any atom is -0.496 e. The minimum absolute atomic E-state index is 0.946. The third-order valence-electron chi connectivity index (χ3n) is 2.30. The van der Waals surface area contributed by atoms with Crippen LogP contribution in [0.15, 0.2) is 24.4 Å². The van der Waals surface area contributed by atoms with Gasteiger partial charge in [0.05, 0.1) is 17.0 Å². The van der Waals surface area contributed by atoms with E-state index in [-0.39, 0.29) is 0 Å². The Labute approximate surface area is 93.6 Å². The molecule has 0 saturated heterocycles. The quantitative estimate of drug-likeness (QED) is 0.772. The Balaban J connectivity index is 2.57. The standard InChI is InChI=1S/C12H13NOS/c1-8-5-4-6-10(12(8)14-3)11-7-13-9(2)15-11/h4-7H,1-3H3. The number of ether oxygens (including phenoxy) is 1. The molecule has 0 saturated carbocycles. The number of para-hydroxylation sites is 1. The van der Waals surface area contributed by atoms with Gasteiger partial charge in [0.25, 0.3) is 0 Å². The van der Waals surface area contributed by atoms with Crippen molar-refractivity contribution in [2.75, 3.05) is 7.11 Å². The monoisotopic (exact) mass is 219 g/mol. The largest absolute Gasteiger partial charge is 0.496 e. The van der Waals surface area contributed by atoms with Gasteiger partial charge < -0.3 is 4.74 Å². The van der Waals surface area contributed by atoms with Crippen LogP contribution in [0.1, 0.15) is 10.6 Å². The van der Waals surface area contributed by atoms with Crippen LogP contribution in [-0.4, -0.2) is 12.1 Å². The summed E-state index contributed by atoms with van der Waals surface area (Å²) in [6.07, 6.45) is 1.90. The molecule has 2 nitrogen and oxygen atoms in total. The first-order valence-electron chi connectivity index (χ1n) is 4.79. The zero-order valence-corrected chi connectivity index (χ0v) is 9.89. The summed E-state index contributed by atoms with van der Waals surface area (Å²) in [4.78, 5) is 5.42. The molecule has 0 atom stereocenters. The molecule has 0 bridgehead atoms. The maximum Gasteiger partial charge on any atom is 0.130 e. The van der Waals surface area contributed by atoms with Gasteiger partial charge in [-0.15, -0.1) is 11.3 Å². The molecule has 2 aromatic rings. The minimum atomic E-state index is 0.946. The summed E-state index contributed by atoms with van der Waals surface area (Å²) >= 11 is 1.69. The summed E-state index contributed by atoms with van der Waals surface area (Å²) in [7, 11) is 1.71. The van der Waals surface area contributed by atoms with Crippen LogP contribution in [-0.2, 0) is 0 Å². The van der Waals surface area contributed by atoms with Gasteiger partial charge >= 0.3 is 0 Å². The molecule has 0 aliphatic carbocycles. The first kappa shape index (κ1) is 10.2. The molecule has 0 radical (unpaired) electrons. The summed E-state index contributed by atoms with van der Waals surface area (Å²) in [6.45, 7) is 4.06. The van der Waals surface area contributed by atoms with Crippen LogP contribution in [0.5, 0.6) is 5.75 Å². The van der Waals surface area contributed by atoms with Crippen LogP contribution < -0.4 is 4.74 Å². The molecule has 0 aliphatic rings. The average molecular weight is 219 g/mol. The van der Waals surface area contributed by atoms with E-state index in [4.69, 9.17) is 4.74 Å². The molecule has 1 heterocycles. The fourth-order valence-corrected chi connectivity index (χ4v) is 2.40. The van der Waals surface area contributed by atoms with Gasteiger partial charge in [0.1, 0.15) is 5.75 Å². The van der Waals surface area contributed by atoms with E-state index in [1.807, 2.05) is 19.2 Å². The Morgan fingerprint density at radius 2 is 2.07 bits per heavy atom. The van der Waals surface area contributed by atoms with E-state index in [1.54, 1.807) is 18.4 Å². The van der Waals surface area contributed by atoms with Crippen molar-refractivity contribution in [3.63, 3.8) is 0 Å². The van der Waals surface area contributed by atoms with Crippen LogP contribution in [0.3, 0.4) is 0 Å². The molecule has 3 heteroatoms. The molecule has 2 rings (SSSR count). The maximum atomic E-state index is 5.42. The first-order valence-corrected chi connectivity index (χ1v) is 5.60. The summed E-state index contributed by atoms with van der Waals surface area (Å²) < 4.78 is 5.42. The maximum absolute atomic E-state index is 5.42. The van der Waals surface area contributed by atoms with E-state index in [0.29, 0.717) is 0 Å². The van der Waals surface area contributed by atoms with Crippen LogP contribution >= 0.6 is 11.3 Å². The number of hydrogen-bond acceptors (Lipinski definition) is 3. The fourth-order valence-electron chi connectivity index (χ4n) is 1.60. The van der Waals surface area contributed by atoms with Crippen molar-refractivity contribution in [3.8, 4) is 16.2 Å². The first-order chi connectivity index (χ1) is 7.22. The fraction of sp³-hybridized carbons (Fsp3) is 0.250. The predicted octanol–water partition coefficient (Wildman–Crippen LogP) is 3.44. The molecule has 0 fully saturated rings. The van der Waals surface area contributed by atoms with E-state index >= 15 is 0 Å². The highest BCUT2D eigenvalue weighted by Gasteiger charge is 2.09. The van der Waals surface area contributed by atoms with Gasteiger partial charge in [0, 0.05) is 11.8 Å². The van der Waals surface area contributed by atoms with E-state index in [0.717, 1.165) is 26.8 Å². The molecular formula is C12H13NOS. The van der Waals surface area contributed by atoms with E-state index in [1.165, 1.54) is 0 Å². The second-order valence-electron chi connectivity index (χ2n) is 3.40. The van der Waals surface area contributed by atoms with Crippen molar-refractivity contribution >= 4 is 11.3 Å². The lowest BCUT2D eigenvalue weighted by Gasteiger charge is -2.08. The van der Waals surface area contributed by atoms with Gasteiger partial charge in [-0.1, -0.05) is 12.1 Å². The van der Waals surface area contributed by atoms with Crippen LogP contribution in [0.2, 0.25) is 0 Å². The summed E-state index contributed by atoms with van der Waals surface area (Å²) in [5.41, 5.74) is 2.28. The van der Waals surface area contributed by atoms with Gasteiger partial charge in [-0.05, 0) is 25.5 Å². The Bertz CT molecular complexity index is 476. The van der Waals surface area contributed by atoms with E-state index in [2.05, 4.69) is 24.0 Å². The van der Waals surface area contributed by atoms with Crippen molar-refractivity contribution in [2.45, 2.75) is 13.8 Å². The van der Waals surface area contributed by atoms with Gasteiger partial charge in [0.2, 0.25) is 0 Å². The molecule has 78 valence electrons. The number of methoxy groups -OCH3 is 1. The summed E-state index contributed by atoms with van der Waals surface area (Å²) in [5, 5.41) is 1.08. The lowest BCUT2D eigenvalue weighted by molar-refractivity contribution is 0.413. The predicted molar refractivity (Wildman–Crippen MR) is 63.6 cm³/mol. The molecule has 0 unspecified atom stereocenters. The zero-order valence-electron chi connectivity index (χ0n) is 9.07. The molecular weight excluding hydrogens is 206 g/mol. The number of rotatable bonds is 2. The molecule has 0 amide bonds. The Morgan fingerprint density at radius 1 is 1.27 bits per heavy atom. The third-order valence-corrected chi connectivity index (χ3v) is 3.25. The highest BCUT2D eigenvalue weighted by Crippen LogP contribution is 2.35. The number of aromatic nitrogens is 1. The van der Waals surface area contributed by atoms with Crippen molar-refractivity contribution in [1.82, 2.24) is 4.98 Å². The van der Waals surface area contributed by atoms with E-state index < -0.39 is 0 Å². The SMILES string of the molecule is COc1c(C)cccc1-c1cnc(C)s1. The molecule has 0 aliphatic heterocycles. The molecule has 1 aromatic heterocycles. The second-order valence-corrected chi connectivity index (χ2v) is 4.63. The Kier molecular flexibility index (Phi) is 2.73. The highest BCUT2D eigenvalue weighted by molar-refractivity contribution is 7.15. The van der Waals surface area contributed by atoms with E-state index in [9.17, 15) is 0 Å². The van der Waals surface area contributed by atoms with Crippen molar-refractivity contribution in [2.24, 2.45) is 0 Å². The van der Waals surface area contributed by atoms with Gasteiger partial charge in [-0.3, -0.25) is 0 Å². The lowest BCUT2D eigenvalue weighted by atomic mass is 10.1. The second kappa shape index (κ2) is 4.03. The van der Waals surface area contributed by atoms with Gasteiger partial charge in [-0.2, -0.15) is 0 Å². The summed E-state index contributed by atoms with van der Waals surface area (Å²) in [6, 6.07) is 6.16. The molecule has 1 aromatic carbocycles. The zero-order chi connectivity index (χ0) is 10.8. The number of aryl methyl sites for hydroxylation is 2. The van der Waals surface area contributed by atoms with Gasteiger partial charge in [-0.25, -0.2) is 4.98 Å². The molecule has 0 spiro atoms. The normalized spacial score (nSPS) is 10.3. The van der Waals surface area contributed by atoms with Crippen molar-refractivity contribution in [3.05, 3.63) is 35.0 Å². The molecule has 15 heavy (non-hydrogen) atoms. The number of thiazole rings is 1. The topological polar surface area (TPSA) is 22.1 Å². The number of hydrogen-bond donors (Lipinski definition) is 0. The van der Waals surface area contributed by atoms with Crippen LogP contribution in [0, 0.1) is 13.8 Å². The highest BCUT2D eigenvalue weighted by atomic mass is 32.1. The van der Waals surface area contributed by atoms with Gasteiger partial charge in [0.15, 0.2) is 0 Å². The number of benzene rings is 1. The molecule has 0 N–H and O–H groups in total. The Hall–Kier alpha value is -1.35. The third kappa shape index (κ3) is 1.88. The smallest absolute Gasteiger partial charge is 0.130 e. The van der Waals surface area contributed by atoms with Crippen molar-refractivity contribution in [1.29, 1.82) is 0 Å². The Morgan fingerprint density at radius 3 is 2.67 bits per heavy atom. The summed E-state index contributed by atoms with van der Waals surface area (Å²) in [5.74, 6) is 0.946. The van der Waals surface area contributed by atoms with Crippen LogP contribution in [0.4, 0.5) is 0 Å².